The van der Waals surface area contributed by atoms with Gasteiger partial charge in [0.25, 0.3) is 0 Å². The van der Waals surface area contributed by atoms with Crippen LogP contribution < -0.4 is 0 Å². The summed E-state index contributed by atoms with van der Waals surface area (Å²) in [6.45, 7) is 3.93. The average molecular weight is 229 g/mol. The summed E-state index contributed by atoms with van der Waals surface area (Å²) in [5, 5.41) is 8.90. The second kappa shape index (κ2) is 6.49. The van der Waals surface area contributed by atoms with E-state index < -0.39 is 5.97 Å². The molecule has 0 saturated carbocycles. The Morgan fingerprint density at radius 1 is 1.47 bits per heavy atom. The number of esters is 1. The zero-order valence-corrected chi connectivity index (χ0v) is 10.0. The average Bonchev–Trinajstić information content (AvgIpc) is 2.37. The van der Waals surface area contributed by atoms with Crippen molar-refractivity contribution in [1.82, 2.24) is 0 Å². The smallest absolute Gasteiger partial charge is 0.348 e. The number of benzene rings is 1. The molecule has 0 spiro atoms. The first kappa shape index (κ1) is 13.0. The third-order valence-corrected chi connectivity index (χ3v) is 2.36. The number of carbonyl (C=O) groups is 1. The van der Waals surface area contributed by atoms with Gasteiger partial charge in [0.2, 0.25) is 0 Å². The molecule has 0 aliphatic carbocycles. The van der Waals surface area contributed by atoms with E-state index in [-0.39, 0.29) is 18.1 Å². The highest BCUT2D eigenvalue weighted by molar-refractivity contribution is 5.92. The van der Waals surface area contributed by atoms with Crippen LogP contribution in [-0.2, 0) is 9.53 Å². The zero-order chi connectivity index (χ0) is 12.7. The molecule has 0 N–H and O–H groups in total. The maximum Gasteiger partial charge on any atom is 0.348 e. The Labute approximate surface area is 101 Å². The summed E-state index contributed by atoms with van der Waals surface area (Å²) < 4.78 is 4.80. The second-order valence-electron chi connectivity index (χ2n) is 3.61. The van der Waals surface area contributed by atoms with E-state index in [2.05, 4.69) is 0 Å². The third kappa shape index (κ3) is 3.76. The molecular weight excluding hydrogens is 214 g/mol. The molecule has 0 heterocycles. The van der Waals surface area contributed by atoms with Crippen molar-refractivity contribution in [3.63, 3.8) is 0 Å². The highest BCUT2D eigenvalue weighted by Gasteiger charge is 2.12. The number of carbonyl (C=O) groups excluding carboxylic acids is 1. The number of allylic oxidation sites excluding steroid dienone is 1. The van der Waals surface area contributed by atoms with Crippen LogP contribution in [0.5, 0.6) is 0 Å². The Kier molecular flexibility index (Phi) is 4.96. The Morgan fingerprint density at radius 2 is 2.12 bits per heavy atom. The fourth-order valence-corrected chi connectivity index (χ4v) is 1.46. The molecule has 0 fully saturated rings. The largest absolute Gasteiger partial charge is 0.462 e. The van der Waals surface area contributed by atoms with Gasteiger partial charge in [-0.05, 0) is 12.5 Å². The highest BCUT2D eigenvalue weighted by atomic mass is 16.5. The van der Waals surface area contributed by atoms with Crippen LogP contribution in [0.2, 0.25) is 0 Å². The summed E-state index contributed by atoms with van der Waals surface area (Å²) in [7, 11) is 0. The van der Waals surface area contributed by atoms with E-state index >= 15 is 0 Å². The van der Waals surface area contributed by atoms with Gasteiger partial charge >= 0.3 is 5.97 Å². The molecule has 1 rings (SSSR count). The molecule has 0 aliphatic heterocycles. The Morgan fingerprint density at radius 3 is 2.65 bits per heavy atom. The first-order valence-electron chi connectivity index (χ1n) is 5.53. The van der Waals surface area contributed by atoms with Crippen molar-refractivity contribution in [1.29, 1.82) is 5.26 Å². The van der Waals surface area contributed by atoms with Gasteiger partial charge in [-0.25, -0.2) is 4.79 Å². The molecule has 0 radical (unpaired) electrons. The Balaban J connectivity index is 2.86. The standard InChI is InChI=1S/C14H15NO2/c1-3-17-14(16)13(10-15)9-11(2)12-7-5-4-6-8-12/h4-9,11H,3H2,1-2H3/b13-9-/t11-/m1/s1. The van der Waals surface area contributed by atoms with Gasteiger partial charge in [-0.15, -0.1) is 0 Å². The molecule has 0 aliphatic rings. The molecule has 17 heavy (non-hydrogen) atoms. The lowest BCUT2D eigenvalue weighted by atomic mass is 9.99. The van der Waals surface area contributed by atoms with Crippen LogP contribution in [0.15, 0.2) is 42.0 Å². The first-order chi connectivity index (χ1) is 8.19. The van der Waals surface area contributed by atoms with Crippen LogP contribution in [-0.4, -0.2) is 12.6 Å². The SMILES string of the molecule is CCOC(=O)/C(C#N)=C\[C@@H](C)c1ccccc1. The van der Waals surface area contributed by atoms with Gasteiger partial charge in [0.05, 0.1) is 6.61 Å². The first-order valence-corrected chi connectivity index (χ1v) is 5.53. The minimum absolute atomic E-state index is 0.00950. The van der Waals surface area contributed by atoms with E-state index in [0.717, 1.165) is 5.56 Å². The lowest BCUT2D eigenvalue weighted by molar-refractivity contribution is -0.138. The highest BCUT2D eigenvalue weighted by Crippen LogP contribution is 2.18. The maximum absolute atomic E-state index is 11.4. The number of hydrogen-bond donors (Lipinski definition) is 0. The van der Waals surface area contributed by atoms with Gasteiger partial charge < -0.3 is 4.74 Å². The molecule has 0 aromatic heterocycles. The second-order valence-corrected chi connectivity index (χ2v) is 3.61. The maximum atomic E-state index is 11.4. The van der Waals surface area contributed by atoms with Gasteiger partial charge in [-0.1, -0.05) is 43.3 Å². The van der Waals surface area contributed by atoms with Crippen LogP contribution >= 0.6 is 0 Å². The molecule has 3 heteroatoms. The van der Waals surface area contributed by atoms with Crippen molar-refractivity contribution in [2.45, 2.75) is 19.8 Å². The topological polar surface area (TPSA) is 50.1 Å². The molecule has 1 atom stereocenters. The van der Waals surface area contributed by atoms with Crippen molar-refractivity contribution >= 4 is 5.97 Å². The molecule has 88 valence electrons. The van der Waals surface area contributed by atoms with Gasteiger partial charge in [-0.3, -0.25) is 0 Å². The minimum Gasteiger partial charge on any atom is -0.462 e. The van der Waals surface area contributed by atoms with Gasteiger partial charge in [0.1, 0.15) is 11.6 Å². The molecular formula is C14H15NO2. The summed E-state index contributed by atoms with van der Waals surface area (Å²) in [4.78, 5) is 11.4. The summed E-state index contributed by atoms with van der Waals surface area (Å²) >= 11 is 0. The van der Waals surface area contributed by atoms with Crippen molar-refractivity contribution in [2.24, 2.45) is 0 Å². The zero-order valence-electron chi connectivity index (χ0n) is 10.0. The Bertz CT molecular complexity index is 443. The number of nitrogens with zero attached hydrogens (tertiary/aromatic N) is 1. The normalized spacial score (nSPS) is 12.6. The quantitative estimate of drug-likeness (QED) is 0.453. The van der Waals surface area contributed by atoms with Gasteiger partial charge in [-0.2, -0.15) is 5.26 Å². The van der Waals surface area contributed by atoms with Gasteiger partial charge in [0.15, 0.2) is 0 Å². The van der Waals surface area contributed by atoms with Gasteiger partial charge in [0, 0.05) is 5.92 Å². The van der Waals surface area contributed by atoms with E-state index in [4.69, 9.17) is 10.00 Å². The van der Waals surface area contributed by atoms with Crippen LogP contribution in [0.25, 0.3) is 0 Å². The lowest BCUT2D eigenvalue weighted by Crippen LogP contribution is -2.07. The summed E-state index contributed by atoms with van der Waals surface area (Å²) in [6.07, 6.45) is 1.63. The molecule has 3 nitrogen and oxygen atoms in total. The summed E-state index contributed by atoms with van der Waals surface area (Å²) in [5.74, 6) is -0.548. The van der Waals surface area contributed by atoms with E-state index in [1.807, 2.05) is 43.3 Å². The van der Waals surface area contributed by atoms with E-state index in [0.29, 0.717) is 0 Å². The molecule has 0 unspecified atom stereocenters. The lowest BCUT2D eigenvalue weighted by Gasteiger charge is -2.07. The van der Waals surface area contributed by atoms with E-state index in [9.17, 15) is 4.79 Å². The number of hydrogen-bond acceptors (Lipinski definition) is 3. The fraction of sp³-hybridized carbons (Fsp3) is 0.286. The summed E-state index contributed by atoms with van der Waals surface area (Å²) in [5.41, 5.74) is 1.12. The number of rotatable bonds is 4. The predicted octanol–water partition coefficient (Wildman–Crippen LogP) is 2.80. The van der Waals surface area contributed by atoms with Crippen molar-refractivity contribution in [2.75, 3.05) is 6.61 Å². The van der Waals surface area contributed by atoms with Crippen LogP contribution in [0.1, 0.15) is 25.3 Å². The van der Waals surface area contributed by atoms with Crippen LogP contribution in [0.4, 0.5) is 0 Å². The van der Waals surface area contributed by atoms with Crippen LogP contribution in [0.3, 0.4) is 0 Å². The Hall–Kier alpha value is -2.08. The molecule has 1 aromatic rings. The minimum atomic E-state index is -0.558. The van der Waals surface area contributed by atoms with E-state index in [1.165, 1.54) is 0 Å². The molecule has 0 saturated heterocycles. The molecule has 1 aromatic carbocycles. The third-order valence-electron chi connectivity index (χ3n) is 2.36. The predicted molar refractivity (Wildman–Crippen MR) is 65.2 cm³/mol. The van der Waals surface area contributed by atoms with E-state index in [1.54, 1.807) is 13.0 Å². The monoisotopic (exact) mass is 229 g/mol. The summed E-state index contributed by atoms with van der Waals surface area (Å²) in [6, 6.07) is 11.6. The van der Waals surface area contributed by atoms with Crippen molar-refractivity contribution < 1.29 is 9.53 Å². The molecule has 0 amide bonds. The fourth-order valence-electron chi connectivity index (χ4n) is 1.46. The number of ether oxygens (including phenoxy) is 1. The van der Waals surface area contributed by atoms with Crippen molar-refractivity contribution in [3.05, 3.63) is 47.5 Å². The van der Waals surface area contributed by atoms with Crippen LogP contribution in [0, 0.1) is 11.3 Å². The van der Waals surface area contributed by atoms with Crippen molar-refractivity contribution in [3.8, 4) is 6.07 Å². The molecule has 0 bridgehead atoms. The number of nitriles is 1.